The average Bonchev–Trinajstić information content (AvgIpc) is 2.45. The molecule has 1 aliphatic heterocycles. The standard InChI is InChI=1S/C10H19N3O3/c1-11(2)5-4-6-13-7-8(9(14)15)12(3)10(13)16/h8H,4-7H2,1-3H3,(H,14,15). The predicted molar refractivity (Wildman–Crippen MR) is 59.3 cm³/mol. The van der Waals surface area contributed by atoms with E-state index >= 15 is 0 Å². The summed E-state index contributed by atoms with van der Waals surface area (Å²) in [5.74, 6) is -0.939. The summed E-state index contributed by atoms with van der Waals surface area (Å²) in [4.78, 5) is 27.5. The molecule has 0 radical (unpaired) electrons. The Morgan fingerprint density at radius 2 is 2.19 bits per heavy atom. The molecule has 1 heterocycles. The fraction of sp³-hybridized carbons (Fsp3) is 0.800. The summed E-state index contributed by atoms with van der Waals surface area (Å²) in [7, 11) is 5.48. The second kappa shape index (κ2) is 5.16. The Hall–Kier alpha value is -1.30. The van der Waals surface area contributed by atoms with Crippen molar-refractivity contribution in [2.75, 3.05) is 40.8 Å². The molecule has 0 aromatic heterocycles. The summed E-state index contributed by atoms with van der Waals surface area (Å²) in [6, 6.07) is -0.891. The third-order valence-electron chi connectivity index (χ3n) is 2.75. The van der Waals surface area contributed by atoms with E-state index in [9.17, 15) is 9.59 Å². The highest BCUT2D eigenvalue weighted by Crippen LogP contribution is 2.14. The fourth-order valence-corrected chi connectivity index (χ4v) is 1.77. The summed E-state index contributed by atoms with van der Waals surface area (Å²) in [6.07, 6.45) is 0.860. The minimum atomic E-state index is -0.939. The Balaban J connectivity index is 2.45. The molecule has 1 atom stereocenters. The highest BCUT2D eigenvalue weighted by Gasteiger charge is 2.38. The molecule has 0 aliphatic carbocycles. The van der Waals surface area contributed by atoms with Crippen molar-refractivity contribution in [1.82, 2.24) is 14.7 Å². The first-order chi connectivity index (χ1) is 7.43. The van der Waals surface area contributed by atoms with E-state index in [2.05, 4.69) is 0 Å². The van der Waals surface area contributed by atoms with Crippen molar-refractivity contribution in [2.24, 2.45) is 0 Å². The van der Waals surface area contributed by atoms with Crippen LogP contribution in [0.3, 0.4) is 0 Å². The summed E-state index contributed by atoms with van der Waals surface area (Å²) in [5.41, 5.74) is 0. The van der Waals surface area contributed by atoms with Gasteiger partial charge in [-0.25, -0.2) is 9.59 Å². The molecular weight excluding hydrogens is 210 g/mol. The highest BCUT2D eigenvalue weighted by molar-refractivity contribution is 5.86. The van der Waals surface area contributed by atoms with Gasteiger partial charge in [0.25, 0.3) is 0 Å². The van der Waals surface area contributed by atoms with Crippen LogP contribution in [0.25, 0.3) is 0 Å². The van der Waals surface area contributed by atoms with Crippen LogP contribution in [0.1, 0.15) is 6.42 Å². The molecule has 6 nitrogen and oxygen atoms in total. The summed E-state index contributed by atoms with van der Waals surface area (Å²) in [6.45, 7) is 1.80. The Morgan fingerprint density at radius 1 is 1.56 bits per heavy atom. The average molecular weight is 229 g/mol. The normalized spacial score (nSPS) is 21.0. The first-order valence-corrected chi connectivity index (χ1v) is 5.32. The lowest BCUT2D eigenvalue weighted by Gasteiger charge is -2.17. The Morgan fingerprint density at radius 3 is 2.62 bits per heavy atom. The molecule has 1 unspecified atom stereocenters. The number of carboxylic acids is 1. The van der Waals surface area contributed by atoms with Crippen LogP contribution in [0, 0.1) is 0 Å². The van der Waals surface area contributed by atoms with Gasteiger partial charge >= 0.3 is 12.0 Å². The van der Waals surface area contributed by atoms with E-state index in [0.717, 1.165) is 13.0 Å². The zero-order valence-electron chi connectivity index (χ0n) is 10.0. The number of amides is 2. The van der Waals surface area contributed by atoms with Gasteiger partial charge in [0, 0.05) is 13.6 Å². The van der Waals surface area contributed by atoms with Crippen molar-refractivity contribution in [2.45, 2.75) is 12.5 Å². The maximum atomic E-state index is 11.7. The molecule has 0 saturated carbocycles. The van der Waals surface area contributed by atoms with Crippen molar-refractivity contribution in [1.29, 1.82) is 0 Å². The molecule has 0 aromatic carbocycles. The van der Waals surface area contributed by atoms with Crippen LogP contribution in [0.5, 0.6) is 0 Å². The van der Waals surface area contributed by atoms with E-state index in [1.54, 1.807) is 4.90 Å². The number of hydrogen-bond donors (Lipinski definition) is 1. The molecule has 1 N–H and O–H groups in total. The van der Waals surface area contributed by atoms with Crippen LogP contribution in [0.15, 0.2) is 0 Å². The second-order valence-electron chi connectivity index (χ2n) is 4.35. The Bertz CT molecular complexity index is 280. The largest absolute Gasteiger partial charge is 0.480 e. The molecule has 2 amide bonds. The lowest BCUT2D eigenvalue weighted by atomic mass is 10.3. The molecule has 1 rings (SSSR count). The molecule has 1 aliphatic rings. The zero-order valence-corrected chi connectivity index (χ0v) is 10.0. The number of aliphatic carboxylic acids is 1. The third-order valence-corrected chi connectivity index (χ3v) is 2.75. The van der Waals surface area contributed by atoms with Crippen LogP contribution in [-0.2, 0) is 4.79 Å². The number of urea groups is 1. The molecule has 6 heteroatoms. The van der Waals surface area contributed by atoms with E-state index in [0.29, 0.717) is 6.54 Å². The number of carboxylic acid groups (broad SMARTS) is 1. The number of carbonyl (C=O) groups is 2. The smallest absolute Gasteiger partial charge is 0.328 e. The van der Waals surface area contributed by atoms with Crippen molar-refractivity contribution in [3.63, 3.8) is 0 Å². The zero-order chi connectivity index (χ0) is 12.3. The van der Waals surface area contributed by atoms with E-state index in [1.165, 1.54) is 11.9 Å². The van der Waals surface area contributed by atoms with Gasteiger partial charge in [0.15, 0.2) is 0 Å². The monoisotopic (exact) mass is 229 g/mol. The van der Waals surface area contributed by atoms with Crippen LogP contribution >= 0.6 is 0 Å². The van der Waals surface area contributed by atoms with Gasteiger partial charge in [0.1, 0.15) is 6.04 Å². The molecule has 92 valence electrons. The predicted octanol–water partition coefficient (Wildman–Crippen LogP) is -0.241. The van der Waals surface area contributed by atoms with Gasteiger partial charge in [-0.15, -0.1) is 0 Å². The summed E-state index contributed by atoms with van der Waals surface area (Å²) in [5, 5.41) is 8.90. The van der Waals surface area contributed by atoms with Crippen molar-refractivity contribution >= 4 is 12.0 Å². The third kappa shape index (κ3) is 2.85. The first kappa shape index (κ1) is 12.8. The molecule has 0 bridgehead atoms. The molecule has 1 fully saturated rings. The second-order valence-corrected chi connectivity index (χ2v) is 4.35. The highest BCUT2D eigenvalue weighted by atomic mass is 16.4. The minimum absolute atomic E-state index is 0.189. The van der Waals surface area contributed by atoms with Gasteiger partial charge < -0.3 is 19.8 Å². The first-order valence-electron chi connectivity index (χ1n) is 5.32. The lowest BCUT2D eigenvalue weighted by Crippen LogP contribution is -2.36. The Kier molecular flexibility index (Phi) is 4.12. The van der Waals surface area contributed by atoms with Crippen LogP contribution in [0.4, 0.5) is 4.79 Å². The fourth-order valence-electron chi connectivity index (χ4n) is 1.77. The van der Waals surface area contributed by atoms with Gasteiger partial charge in [-0.05, 0) is 27.1 Å². The van der Waals surface area contributed by atoms with Crippen LogP contribution < -0.4 is 0 Å². The molecular formula is C10H19N3O3. The van der Waals surface area contributed by atoms with Crippen LogP contribution in [0.2, 0.25) is 0 Å². The van der Waals surface area contributed by atoms with E-state index in [-0.39, 0.29) is 12.6 Å². The maximum Gasteiger partial charge on any atom is 0.328 e. The van der Waals surface area contributed by atoms with E-state index in [4.69, 9.17) is 5.11 Å². The molecule has 0 aromatic rings. The van der Waals surface area contributed by atoms with Crippen molar-refractivity contribution in [3.05, 3.63) is 0 Å². The van der Waals surface area contributed by atoms with Crippen LogP contribution in [-0.4, -0.2) is 78.6 Å². The van der Waals surface area contributed by atoms with Crippen molar-refractivity contribution in [3.8, 4) is 0 Å². The number of rotatable bonds is 5. The number of carbonyl (C=O) groups excluding carboxylic acids is 1. The van der Waals surface area contributed by atoms with Gasteiger partial charge in [-0.1, -0.05) is 0 Å². The molecule has 1 saturated heterocycles. The van der Waals surface area contributed by atoms with E-state index in [1.807, 2.05) is 19.0 Å². The number of likely N-dealkylation sites (N-methyl/N-ethyl adjacent to an activating group) is 1. The lowest BCUT2D eigenvalue weighted by molar-refractivity contribution is -0.140. The van der Waals surface area contributed by atoms with E-state index < -0.39 is 12.0 Å². The summed E-state index contributed by atoms with van der Waals surface area (Å²) < 4.78 is 0. The topological polar surface area (TPSA) is 64.1 Å². The quantitative estimate of drug-likeness (QED) is 0.706. The van der Waals surface area contributed by atoms with Gasteiger partial charge in [-0.2, -0.15) is 0 Å². The summed E-state index contributed by atoms with van der Waals surface area (Å²) >= 11 is 0. The minimum Gasteiger partial charge on any atom is -0.480 e. The van der Waals surface area contributed by atoms with Crippen molar-refractivity contribution < 1.29 is 14.7 Å². The Labute approximate surface area is 95.4 Å². The van der Waals surface area contributed by atoms with Gasteiger partial charge in [-0.3, -0.25) is 0 Å². The van der Waals surface area contributed by atoms with Gasteiger partial charge in [0.05, 0.1) is 6.54 Å². The maximum absolute atomic E-state index is 11.7. The number of nitrogens with zero attached hydrogens (tertiary/aromatic N) is 3. The number of hydrogen-bond acceptors (Lipinski definition) is 3. The molecule has 16 heavy (non-hydrogen) atoms. The SMILES string of the molecule is CN(C)CCCN1CC(C(=O)O)N(C)C1=O. The molecule has 0 spiro atoms. The van der Waals surface area contributed by atoms with Gasteiger partial charge in [0.2, 0.25) is 0 Å².